The van der Waals surface area contributed by atoms with E-state index in [1.165, 1.54) is 12.1 Å². The van der Waals surface area contributed by atoms with E-state index in [-0.39, 0.29) is 5.69 Å². The van der Waals surface area contributed by atoms with Gasteiger partial charge in [-0.15, -0.1) is 0 Å². The molecule has 0 atom stereocenters. The van der Waals surface area contributed by atoms with Crippen LogP contribution in [0.4, 0.5) is 10.1 Å². The normalized spacial score (nSPS) is 10.2. The highest BCUT2D eigenvalue weighted by Crippen LogP contribution is 2.14. The third-order valence-corrected chi connectivity index (χ3v) is 2.96. The molecule has 1 amide bonds. The van der Waals surface area contributed by atoms with Crippen LogP contribution < -0.4 is 16.6 Å². The van der Waals surface area contributed by atoms with Gasteiger partial charge < -0.3 is 10.1 Å². The van der Waals surface area contributed by atoms with Crippen LogP contribution >= 0.6 is 0 Å². The molecule has 8 nitrogen and oxygen atoms in total. The van der Waals surface area contributed by atoms with Crippen LogP contribution in [-0.4, -0.2) is 28.0 Å². The number of esters is 1. The number of nitrogens with one attached hydrogen (secondary N) is 2. The lowest BCUT2D eigenvalue weighted by molar-refractivity contribution is -0.148. The lowest BCUT2D eigenvalue weighted by Gasteiger charge is -2.08. The van der Waals surface area contributed by atoms with Gasteiger partial charge in [-0.25, -0.2) is 9.18 Å². The van der Waals surface area contributed by atoms with E-state index < -0.39 is 42.1 Å². The number of ether oxygens (including phenoxy) is 1. The highest BCUT2D eigenvalue weighted by atomic mass is 19.1. The van der Waals surface area contributed by atoms with Crippen LogP contribution in [0.2, 0.25) is 0 Å². The molecule has 2 N–H and O–H groups in total. The van der Waals surface area contributed by atoms with Gasteiger partial charge >= 0.3 is 11.7 Å². The van der Waals surface area contributed by atoms with E-state index in [2.05, 4.69) is 5.32 Å². The Labute approximate surface area is 134 Å². The third-order valence-electron chi connectivity index (χ3n) is 2.96. The van der Waals surface area contributed by atoms with Gasteiger partial charge in [-0.2, -0.15) is 0 Å². The number of aromatic nitrogens is 2. The summed E-state index contributed by atoms with van der Waals surface area (Å²) in [6, 6.07) is 5.34. The number of H-pyrrole nitrogens is 1. The van der Waals surface area contributed by atoms with E-state index in [1.54, 1.807) is 13.0 Å². The van der Waals surface area contributed by atoms with Crippen LogP contribution in [-0.2, 0) is 20.9 Å². The molecule has 0 saturated carbocycles. The summed E-state index contributed by atoms with van der Waals surface area (Å²) in [6.07, 6.45) is 1.13. The number of hydrogen-bond donors (Lipinski definition) is 2. The Kier molecular flexibility index (Phi) is 5.25. The molecule has 2 aromatic rings. The van der Waals surface area contributed by atoms with Gasteiger partial charge in [0.1, 0.15) is 12.4 Å². The van der Waals surface area contributed by atoms with Crippen LogP contribution in [0, 0.1) is 12.7 Å². The summed E-state index contributed by atoms with van der Waals surface area (Å²) >= 11 is 0. The molecule has 1 aromatic carbocycles. The molecule has 2 rings (SSSR count). The lowest BCUT2D eigenvalue weighted by atomic mass is 10.2. The van der Waals surface area contributed by atoms with Crippen molar-refractivity contribution in [2.24, 2.45) is 0 Å². The van der Waals surface area contributed by atoms with Gasteiger partial charge in [-0.05, 0) is 24.6 Å². The fourth-order valence-electron chi connectivity index (χ4n) is 1.81. The van der Waals surface area contributed by atoms with E-state index in [0.717, 1.165) is 16.8 Å². The molecule has 0 fully saturated rings. The quantitative estimate of drug-likeness (QED) is 0.757. The van der Waals surface area contributed by atoms with Gasteiger partial charge in [-0.1, -0.05) is 6.07 Å². The van der Waals surface area contributed by atoms with Crippen molar-refractivity contribution < 1.29 is 18.7 Å². The summed E-state index contributed by atoms with van der Waals surface area (Å²) < 4.78 is 19.2. The smallest absolute Gasteiger partial charge is 0.328 e. The Balaban J connectivity index is 1.88. The molecule has 0 aliphatic rings. The van der Waals surface area contributed by atoms with Crippen molar-refractivity contribution in [1.29, 1.82) is 0 Å². The van der Waals surface area contributed by atoms with Crippen molar-refractivity contribution in [3.8, 4) is 0 Å². The third kappa shape index (κ3) is 4.63. The fraction of sp³-hybridized carbons (Fsp3) is 0.200. The summed E-state index contributed by atoms with van der Waals surface area (Å²) in [4.78, 5) is 47.5. The van der Waals surface area contributed by atoms with Gasteiger partial charge in [0.2, 0.25) is 0 Å². The van der Waals surface area contributed by atoms with Gasteiger partial charge in [0.15, 0.2) is 6.61 Å². The van der Waals surface area contributed by atoms with Gasteiger partial charge in [0.05, 0.1) is 5.69 Å². The largest absolute Gasteiger partial charge is 0.454 e. The zero-order valence-electron chi connectivity index (χ0n) is 12.7. The number of rotatable bonds is 5. The fourth-order valence-corrected chi connectivity index (χ4v) is 1.81. The molecule has 0 spiro atoms. The summed E-state index contributed by atoms with van der Waals surface area (Å²) in [5, 5.41) is 2.27. The Morgan fingerprint density at radius 3 is 2.71 bits per heavy atom. The van der Waals surface area contributed by atoms with Crippen LogP contribution in [0.25, 0.3) is 0 Å². The maximum Gasteiger partial charge on any atom is 0.328 e. The minimum atomic E-state index is -0.858. The zero-order valence-corrected chi connectivity index (χ0v) is 12.7. The molecule has 0 radical (unpaired) electrons. The first-order chi connectivity index (χ1) is 11.3. The molecule has 0 unspecified atom stereocenters. The SMILES string of the molecule is Cc1ccc(NC(=O)COC(=O)Cn2ccc(=O)[nH]c2=O)c(F)c1. The van der Waals surface area contributed by atoms with E-state index >= 15 is 0 Å². The molecule has 1 aromatic heterocycles. The van der Waals surface area contributed by atoms with Crippen molar-refractivity contribution in [3.63, 3.8) is 0 Å². The summed E-state index contributed by atoms with van der Waals surface area (Å²) in [7, 11) is 0. The van der Waals surface area contributed by atoms with E-state index in [0.29, 0.717) is 5.56 Å². The summed E-state index contributed by atoms with van der Waals surface area (Å²) in [6.45, 7) is 0.598. The predicted octanol–water partition coefficient (Wildman–Crippen LogP) is 0.166. The maximum atomic E-state index is 13.6. The van der Waals surface area contributed by atoms with Crippen molar-refractivity contribution in [3.05, 3.63) is 62.7 Å². The van der Waals surface area contributed by atoms with Crippen molar-refractivity contribution in [1.82, 2.24) is 9.55 Å². The molecule has 1 heterocycles. The molecule has 0 saturated heterocycles. The molecular weight excluding hydrogens is 321 g/mol. The Hall–Kier alpha value is -3.23. The monoisotopic (exact) mass is 335 g/mol. The molecule has 0 aliphatic heterocycles. The highest BCUT2D eigenvalue weighted by Gasteiger charge is 2.11. The molecule has 126 valence electrons. The second-order valence-electron chi connectivity index (χ2n) is 4.93. The molecule has 0 aliphatic carbocycles. The number of carbonyl (C=O) groups is 2. The Bertz CT molecular complexity index is 887. The minimum Gasteiger partial charge on any atom is -0.454 e. The number of carbonyl (C=O) groups excluding carboxylic acids is 2. The topological polar surface area (TPSA) is 110 Å². The van der Waals surface area contributed by atoms with E-state index in [1.807, 2.05) is 4.98 Å². The first-order valence-corrected chi connectivity index (χ1v) is 6.86. The Morgan fingerprint density at radius 1 is 1.29 bits per heavy atom. The number of hydrogen-bond acceptors (Lipinski definition) is 5. The lowest BCUT2D eigenvalue weighted by Crippen LogP contribution is -2.32. The Morgan fingerprint density at radius 2 is 2.04 bits per heavy atom. The van der Waals surface area contributed by atoms with E-state index in [4.69, 9.17) is 4.74 Å². The maximum absolute atomic E-state index is 13.6. The van der Waals surface area contributed by atoms with Gasteiger partial charge in [-0.3, -0.25) is 23.9 Å². The van der Waals surface area contributed by atoms with Crippen LogP contribution in [0.3, 0.4) is 0 Å². The number of halogens is 1. The number of nitrogens with zero attached hydrogens (tertiary/aromatic N) is 1. The van der Waals surface area contributed by atoms with Crippen molar-refractivity contribution in [2.75, 3.05) is 11.9 Å². The number of anilines is 1. The first kappa shape index (κ1) is 17.1. The number of benzene rings is 1. The van der Waals surface area contributed by atoms with Crippen molar-refractivity contribution in [2.45, 2.75) is 13.5 Å². The molecule has 9 heteroatoms. The van der Waals surface area contributed by atoms with E-state index in [9.17, 15) is 23.6 Å². The molecule has 24 heavy (non-hydrogen) atoms. The van der Waals surface area contributed by atoms with Crippen LogP contribution in [0.15, 0.2) is 40.1 Å². The average molecular weight is 335 g/mol. The number of amides is 1. The van der Waals surface area contributed by atoms with Crippen molar-refractivity contribution >= 4 is 17.6 Å². The van der Waals surface area contributed by atoms with Crippen LogP contribution in [0.1, 0.15) is 5.56 Å². The standard InChI is InChI=1S/C15H14FN3O5/c1-9-2-3-11(10(16)6-9)17-13(21)8-24-14(22)7-19-5-4-12(20)18-15(19)23/h2-6H,7-8H2,1H3,(H,17,21)(H,18,20,23). The zero-order chi connectivity index (χ0) is 17.7. The first-order valence-electron chi connectivity index (χ1n) is 6.86. The summed E-state index contributed by atoms with van der Waals surface area (Å²) in [5.74, 6) is -2.18. The second kappa shape index (κ2) is 7.36. The predicted molar refractivity (Wildman–Crippen MR) is 82.0 cm³/mol. The minimum absolute atomic E-state index is 0.0292. The summed E-state index contributed by atoms with van der Waals surface area (Å²) in [5.41, 5.74) is -0.698. The second-order valence-corrected chi connectivity index (χ2v) is 4.93. The highest BCUT2D eigenvalue weighted by molar-refractivity contribution is 5.92. The van der Waals surface area contributed by atoms with Crippen LogP contribution in [0.5, 0.6) is 0 Å². The average Bonchev–Trinajstić information content (AvgIpc) is 2.51. The molecular formula is C15H14FN3O5. The number of aromatic amines is 1. The molecule has 0 bridgehead atoms. The van der Waals surface area contributed by atoms with Gasteiger partial charge in [0.25, 0.3) is 11.5 Å². The van der Waals surface area contributed by atoms with Gasteiger partial charge in [0, 0.05) is 12.3 Å². The number of aryl methyl sites for hydroxylation is 1.